The molecule has 0 bridgehead atoms. The topological polar surface area (TPSA) is 143 Å². The first-order valence-electron chi connectivity index (χ1n) is 4.04. The Labute approximate surface area is 123 Å². The zero-order valence-corrected chi connectivity index (χ0v) is 12.1. The quantitative estimate of drug-likeness (QED) is 0.263. The fourth-order valence-corrected chi connectivity index (χ4v) is 2.15. The van der Waals surface area contributed by atoms with E-state index in [9.17, 15) is 33.2 Å². The fourth-order valence-electron chi connectivity index (χ4n) is 1.28. The van der Waals surface area contributed by atoms with Gasteiger partial charge >= 0.3 is 29.6 Å². The molecule has 1 aromatic carbocycles. The molecule has 0 spiro atoms. The van der Waals surface area contributed by atoms with Crippen molar-refractivity contribution in [1.29, 1.82) is 0 Å². The summed E-state index contributed by atoms with van der Waals surface area (Å²) in [5.74, 6) is 0. The molecule has 0 unspecified atom stereocenters. The number of nitro benzene ring substituents is 2. The van der Waals surface area contributed by atoms with E-state index < -0.39 is 36.2 Å². The molecule has 0 radical (unpaired) electrons. The molecule has 0 heterocycles. The van der Waals surface area contributed by atoms with Crippen molar-refractivity contribution in [2.45, 2.75) is 11.8 Å². The van der Waals surface area contributed by atoms with Crippen LogP contribution >= 0.6 is 0 Å². The average Bonchev–Trinajstić information content (AvgIpc) is 2.14. The Hall–Kier alpha value is -1.07. The fraction of sp³-hybridized carbons (Fsp3) is 0.143. The van der Waals surface area contributed by atoms with E-state index in [2.05, 4.69) is 0 Å². The number of benzene rings is 1. The second-order valence-corrected chi connectivity index (χ2v) is 4.36. The second-order valence-electron chi connectivity index (χ2n) is 3.05. The van der Waals surface area contributed by atoms with Crippen LogP contribution in [0.5, 0.6) is 0 Å². The van der Waals surface area contributed by atoms with E-state index in [0.29, 0.717) is 0 Å². The summed E-state index contributed by atoms with van der Waals surface area (Å²) < 4.78 is 32.6. The van der Waals surface area contributed by atoms with Gasteiger partial charge in [-0.2, -0.15) is 0 Å². The molecule has 0 saturated carbocycles. The van der Waals surface area contributed by atoms with Gasteiger partial charge in [0.2, 0.25) is 4.90 Å². The van der Waals surface area contributed by atoms with Gasteiger partial charge in [0.15, 0.2) is 0 Å². The number of rotatable bonds is 3. The standard InChI is InChI=1S/C7H6N2O7S.Na/c1-4-2-3-5(8(10)11)7(17(14,15)16)6(4)9(12)13;/h2-3H,1H3,(H,14,15,16);/q;+1/p-1. The van der Waals surface area contributed by atoms with Crippen molar-refractivity contribution in [1.82, 2.24) is 0 Å². The van der Waals surface area contributed by atoms with Gasteiger partial charge in [0.1, 0.15) is 10.1 Å². The molecule has 0 aliphatic carbocycles. The Morgan fingerprint density at radius 2 is 1.61 bits per heavy atom. The maximum atomic E-state index is 10.9. The van der Waals surface area contributed by atoms with Crippen molar-refractivity contribution in [3.8, 4) is 0 Å². The van der Waals surface area contributed by atoms with Crippen LogP contribution in [0.3, 0.4) is 0 Å². The van der Waals surface area contributed by atoms with Gasteiger partial charge in [-0.3, -0.25) is 20.2 Å². The predicted molar refractivity (Wildman–Crippen MR) is 52.5 cm³/mol. The van der Waals surface area contributed by atoms with Gasteiger partial charge in [-0.25, -0.2) is 8.42 Å². The molecule has 0 saturated heterocycles. The van der Waals surface area contributed by atoms with E-state index >= 15 is 0 Å². The van der Waals surface area contributed by atoms with Crippen LogP contribution in [0.2, 0.25) is 0 Å². The molecule has 0 N–H and O–H groups in total. The molecule has 0 aromatic heterocycles. The van der Waals surface area contributed by atoms with E-state index in [1.165, 1.54) is 6.92 Å². The van der Waals surface area contributed by atoms with Crippen molar-refractivity contribution in [2.75, 3.05) is 0 Å². The molecule has 0 aliphatic rings. The van der Waals surface area contributed by atoms with E-state index in [1.807, 2.05) is 0 Å². The minimum absolute atomic E-state index is 0. The Kier molecular flexibility index (Phi) is 5.37. The van der Waals surface area contributed by atoms with Gasteiger partial charge in [0.25, 0.3) is 11.4 Å². The summed E-state index contributed by atoms with van der Waals surface area (Å²) in [5, 5.41) is 21.2. The Balaban J connectivity index is 0.00000289. The zero-order chi connectivity index (χ0) is 13.4. The minimum atomic E-state index is -5.31. The molecule has 0 fully saturated rings. The SMILES string of the molecule is Cc1ccc([N+](=O)[O-])c(S(=O)(=O)[O-])c1[N+](=O)[O-].[Na+]. The molecule has 0 aliphatic heterocycles. The molecule has 11 heteroatoms. The zero-order valence-electron chi connectivity index (χ0n) is 9.32. The van der Waals surface area contributed by atoms with Crippen LogP contribution in [0, 0.1) is 27.2 Å². The third-order valence-corrected chi connectivity index (χ3v) is 2.84. The van der Waals surface area contributed by atoms with Crippen LogP contribution in [-0.4, -0.2) is 22.8 Å². The summed E-state index contributed by atoms with van der Waals surface area (Å²) >= 11 is 0. The number of nitro groups is 2. The van der Waals surface area contributed by atoms with E-state index in [-0.39, 0.29) is 35.1 Å². The van der Waals surface area contributed by atoms with Crippen LogP contribution in [0.4, 0.5) is 11.4 Å². The van der Waals surface area contributed by atoms with Gasteiger partial charge in [0.05, 0.1) is 9.85 Å². The second kappa shape index (κ2) is 5.71. The molecule has 9 nitrogen and oxygen atoms in total. The van der Waals surface area contributed by atoms with Gasteiger partial charge in [-0.05, 0) is 13.0 Å². The normalized spacial score (nSPS) is 10.6. The molecule has 1 aromatic rings. The Bertz CT molecular complexity index is 612. The van der Waals surface area contributed by atoms with E-state index in [4.69, 9.17) is 0 Å². The average molecular weight is 284 g/mol. The van der Waals surface area contributed by atoms with Gasteiger partial charge in [-0.15, -0.1) is 0 Å². The summed E-state index contributed by atoms with van der Waals surface area (Å²) in [6.07, 6.45) is 0. The first kappa shape index (κ1) is 16.9. The molecule has 1 rings (SSSR count). The van der Waals surface area contributed by atoms with Gasteiger partial charge in [-0.1, -0.05) is 0 Å². The van der Waals surface area contributed by atoms with Crippen LogP contribution in [0.1, 0.15) is 5.56 Å². The third kappa shape index (κ3) is 3.23. The Morgan fingerprint density at radius 3 is 1.94 bits per heavy atom. The Morgan fingerprint density at radius 1 is 1.11 bits per heavy atom. The predicted octanol–water partition coefficient (Wildman–Crippen LogP) is -2.28. The van der Waals surface area contributed by atoms with E-state index in [0.717, 1.165) is 12.1 Å². The van der Waals surface area contributed by atoms with Crippen LogP contribution < -0.4 is 29.6 Å². The number of nitrogens with zero attached hydrogens (tertiary/aromatic N) is 2. The summed E-state index contributed by atoms with van der Waals surface area (Å²) in [7, 11) is -5.31. The first-order valence-corrected chi connectivity index (χ1v) is 5.45. The largest absolute Gasteiger partial charge is 1.00 e. The van der Waals surface area contributed by atoms with Crippen molar-refractivity contribution in [3.63, 3.8) is 0 Å². The van der Waals surface area contributed by atoms with Gasteiger partial charge in [0, 0.05) is 11.6 Å². The number of hydrogen-bond acceptors (Lipinski definition) is 7. The number of aryl methyl sites for hydroxylation is 1. The third-order valence-electron chi connectivity index (χ3n) is 1.94. The number of hydrogen-bond donors (Lipinski definition) is 0. The summed E-state index contributed by atoms with van der Waals surface area (Å²) in [6, 6.07) is 1.75. The molecule has 92 valence electrons. The maximum Gasteiger partial charge on any atom is 1.00 e. The van der Waals surface area contributed by atoms with Crippen LogP contribution in [-0.2, 0) is 10.1 Å². The van der Waals surface area contributed by atoms with Crippen molar-refractivity contribution in [2.24, 2.45) is 0 Å². The maximum absolute atomic E-state index is 10.9. The monoisotopic (exact) mass is 284 g/mol. The molecular formula is C7H5N2NaO7S. The smallest absolute Gasteiger partial charge is 0.744 e. The van der Waals surface area contributed by atoms with Crippen LogP contribution in [0.25, 0.3) is 0 Å². The van der Waals surface area contributed by atoms with Crippen molar-refractivity contribution >= 4 is 21.5 Å². The molecule has 0 atom stereocenters. The van der Waals surface area contributed by atoms with Gasteiger partial charge < -0.3 is 4.55 Å². The van der Waals surface area contributed by atoms with Crippen LogP contribution in [0.15, 0.2) is 17.0 Å². The summed E-state index contributed by atoms with van der Waals surface area (Å²) in [6.45, 7) is 1.18. The molecular weight excluding hydrogens is 279 g/mol. The van der Waals surface area contributed by atoms with E-state index in [1.54, 1.807) is 0 Å². The minimum Gasteiger partial charge on any atom is -0.744 e. The van der Waals surface area contributed by atoms with Crippen molar-refractivity contribution in [3.05, 3.63) is 37.9 Å². The molecule has 18 heavy (non-hydrogen) atoms. The van der Waals surface area contributed by atoms with Crippen molar-refractivity contribution < 1.29 is 52.4 Å². The summed E-state index contributed by atoms with van der Waals surface area (Å²) in [4.78, 5) is 17.5. The molecule has 0 amide bonds. The first-order chi connectivity index (χ1) is 7.66. The summed E-state index contributed by atoms with van der Waals surface area (Å²) in [5.41, 5.74) is -2.30.